The minimum atomic E-state index is 0.0509. The topological polar surface area (TPSA) is 69.9 Å². The maximum atomic E-state index is 12.1. The van der Waals surface area contributed by atoms with Crippen LogP contribution in [0.4, 0.5) is 0 Å². The van der Waals surface area contributed by atoms with Gasteiger partial charge in [-0.15, -0.1) is 0 Å². The molecule has 0 spiro atoms. The van der Waals surface area contributed by atoms with E-state index < -0.39 is 0 Å². The lowest BCUT2D eigenvalue weighted by atomic mass is 10.2. The van der Waals surface area contributed by atoms with Crippen molar-refractivity contribution in [2.75, 3.05) is 26.7 Å². The summed E-state index contributed by atoms with van der Waals surface area (Å²) in [5.41, 5.74) is 0.922. The minimum Gasteiger partial charge on any atom is -0.461 e. The number of rotatable bonds is 5. The fourth-order valence-electron chi connectivity index (χ4n) is 3.30. The quantitative estimate of drug-likeness (QED) is 0.638. The Morgan fingerprint density at radius 3 is 2.92 bits per heavy atom. The number of likely N-dealkylation sites (tertiary alicyclic amines) is 1. The third-order valence-corrected chi connectivity index (χ3v) is 4.70. The van der Waals surface area contributed by atoms with E-state index in [1.807, 2.05) is 36.9 Å². The van der Waals surface area contributed by atoms with Gasteiger partial charge in [-0.25, -0.2) is 0 Å². The van der Waals surface area contributed by atoms with Crippen LogP contribution in [0.25, 0.3) is 11.0 Å². The van der Waals surface area contributed by atoms with Crippen LogP contribution in [0.2, 0.25) is 0 Å². The highest BCUT2D eigenvalue weighted by molar-refractivity contribution is 5.81. The molecule has 1 aromatic heterocycles. The van der Waals surface area contributed by atoms with Crippen LogP contribution in [0.1, 0.15) is 26.0 Å². The van der Waals surface area contributed by atoms with Crippen molar-refractivity contribution in [1.29, 1.82) is 0 Å². The van der Waals surface area contributed by atoms with Crippen LogP contribution in [0.5, 0.6) is 0 Å². The Labute approximate surface area is 154 Å². The molecule has 26 heavy (non-hydrogen) atoms. The Morgan fingerprint density at radius 1 is 1.38 bits per heavy atom. The van der Waals surface area contributed by atoms with E-state index >= 15 is 0 Å². The number of para-hydroxylation sites is 1. The maximum Gasteiger partial charge on any atom is 0.225 e. The highest BCUT2D eigenvalue weighted by atomic mass is 16.3. The number of nitrogens with zero attached hydrogens (tertiary/aromatic N) is 2. The molecule has 1 aromatic carbocycles. The summed E-state index contributed by atoms with van der Waals surface area (Å²) in [7, 11) is 1.77. The molecule has 0 saturated carbocycles. The van der Waals surface area contributed by atoms with Gasteiger partial charge in [0.15, 0.2) is 5.96 Å². The van der Waals surface area contributed by atoms with E-state index in [1.165, 1.54) is 0 Å². The van der Waals surface area contributed by atoms with Crippen LogP contribution in [-0.4, -0.2) is 49.5 Å². The van der Waals surface area contributed by atoms with Crippen molar-refractivity contribution in [3.63, 3.8) is 0 Å². The first-order chi connectivity index (χ1) is 12.6. The lowest BCUT2D eigenvalue weighted by Crippen LogP contribution is -2.45. The Hall–Kier alpha value is -2.50. The first kappa shape index (κ1) is 18.3. The van der Waals surface area contributed by atoms with Crippen LogP contribution in [0, 0.1) is 5.92 Å². The summed E-state index contributed by atoms with van der Waals surface area (Å²) in [5.74, 6) is 2.01. The van der Waals surface area contributed by atoms with Gasteiger partial charge in [0, 0.05) is 50.4 Å². The number of hydrogen-bond donors (Lipinski definition) is 2. The van der Waals surface area contributed by atoms with Crippen molar-refractivity contribution in [2.24, 2.45) is 10.9 Å². The third-order valence-electron chi connectivity index (χ3n) is 4.70. The van der Waals surface area contributed by atoms with Gasteiger partial charge in [0.25, 0.3) is 0 Å². The van der Waals surface area contributed by atoms with Gasteiger partial charge in [-0.3, -0.25) is 9.79 Å². The largest absolute Gasteiger partial charge is 0.461 e. The Morgan fingerprint density at radius 2 is 2.19 bits per heavy atom. The van der Waals surface area contributed by atoms with Gasteiger partial charge in [0.05, 0.1) is 0 Å². The van der Waals surface area contributed by atoms with Gasteiger partial charge >= 0.3 is 0 Å². The smallest absolute Gasteiger partial charge is 0.225 e. The van der Waals surface area contributed by atoms with E-state index in [-0.39, 0.29) is 17.9 Å². The molecule has 1 atom stereocenters. The number of aliphatic imine (C=N–C) groups is 1. The van der Waals surface area contributed by atoms with Crippen molar-refractivity contribution in [1.82, 2.24) is 15.5 Å². The van der Waals surface area contributed by atoms with Gasteiger partial charge in [-0.05, 0) is 18.6 Å². The summed E-state index contributed by atoms with van der Waals surface area (Å²) in [6, 6.07) is 10.4. The molecule has 2 heterocycles. The van der Waals surface area contributed by atoms with Crippen LogP contribution in [0.15, 0.2) is 39.7 Å². The molecular formula is C20H28N4O2. The molecule has 6 heteroatoms. The fraction of sp³-hybridized carbons (Fsp3) is 0.500. The molecule has 140 valence electrons. The van der Waals surface area contributed by atoms with Gasteiger partial charge in [0.1, 0.15) is 11.3 Å². The van der Waals surface area contributed by atoms with E-state index in [2.05, 4.69) is 27.8 Å². The maximum absolute atomic E-state index is 12.1. The predicted molar refractivity (Wildman–Crippen MR) is 104 cm³/mol. The molecular weight excluding hydrogens is 328 g/mol. The molecule has 6 nitrogen and oxygen atoms in total. The zero-order chi connectivity index (χ0) is 18.5. The summed E-state index contributed by atoms with van der Waals surface area (Å²) in [4.78, 5) is 18.3. The number of carbonyl (C=O) groups excluding carboxylic acids is 1. The minimum absolute atomic E-state index is 0.0509. The highest BCUT2D eigenvalue weighted by Crippen LogP contribution is 2.18. The molecule has 1 amide bonds. The van der Waals surface area contributed by atoms with Crippen molar-refractivity contribution in [3.8, 4) is 0 Å². The monoisotopic (exact) mass is 356 g/mol. The Balaban J connectivity index is 1.46. The SMILES string of the molecule is CN=C(NCCc1cc2ccccc2o1)NC1CCN(C(=O)C(C)C)C1. The summed E-state index contributed by atoms with van der Waals surface area (Å²) in [6.45, 7) is 6.18. The zero-order valence-electron chi connectivity index (χ0n) is 15.8. The first-order valence-electron chi connectivity index (χ1n) is 9.30. The van der Waals surface area contributed by atoms with Gasteiger partial charge < -0.3 is 20.0 Å². The molecule has 1 aliphatic heterocycles. The van der Waals surface area contributed by atoms with E-state index in [4.69, 9.17) is 4.42 Å². The zero-order valence-corrected chi connectivity index (χ0v) is 15.8. The molecule has 1 saturated heterocycles. The fourth-order valence-corrected chi connectivity index (χ4v) is 3.30. The van der Waals surface area contributed by atoms with Crippen molar-refractivity contribution >= 4 is 22.8 Å². The number of nitrogens with one attached hydrogen (secondary N) is 2. The molecule has 2 N–H and O–H groups in total. The van der Waals surface area contributed by atoms with Crippen molar-refractivity contribution in [3.05, 3.63) is 36.1 Å². The third kappa shape index (κ3) is 4.36. The lowest BCUT2D eigenvalue weighted by molar-refractivity contribution is -0.133. The first-order valence-corrected chi connectivity index (χ1v) is 9.30. The molecule has 0 aliphatic carbocycles. The summed E-state index contributed by atoms with van der Waals surface area (Å²) < 4.78 is 5.84. The normalized spacial score (nSPS) is 17.9. The Kier molecular flexibility index (Phi) is 5.81. The second-order valence-corrected chi connectivity index (χ2v) is 7.07. The molecule has 1 unspecified atom stereocenters. The molecule has 1 aliphatic rings. The van der Waals surface area contributed by atoms with Crippen LogP contribution in [-0.2, 0) is 11.2 Å². The highest BCUT2D eigenvalue weighted by Gasteiger charge is 2.27. The number of hydrogen-bond acceptors (Lipinski definition) is 3. The van der Waals surface area contributed by atoms with E-state index in [1.54, 1.807) is 7.05 Å². The second kappa shape index (κ2) is 8.25. The van der Waals surface area contributed by atoms with Crippen LogP contribution < -0.4 is 10.6 Å². The van der Waals surface area contributed by atoms with E-state index in [0.29, 0.717) is 0 Å². The molecule has 0 radical (unpaired) electrons. The number of benzene rings is 1. The van der Waals surface area contributed by atoms with Gasteiger partial charge in [-0.2, -0.15) is 0 Å². The number of carbonyl (C=O) groups is 1. The van der Waals surface area contributed by atoms with Crippen molar-refractivity contribution < 1.29 is 9.21 Å². The summed E-state index contributed by atoms with van der Waals surface area (Å²) in [5, 5.41) is 7.88. The number of fused-ring (bicyclic) bond motifs is 1. The van der Waals surface area contributed by atoms with Gasteiger partial charge in [-0.1, -0.05) is 32.0 Å². The van der Waals surface area contributed by atoms with Crippen LogP contribution >= 0.6 is 0 Å². The standard InChI is InChI=1S/C20H28N4O2/c1-14(2)19(25)24-11-9-16(13-24)23-20(21-3)22-10-8-17-12-15-6-4-5-7-18(15)26-17/h4-7,12,14,16H,8-11,13H2,1-3H3,(H2,21,22,23). The average Bonchev–Trinajstić information content (AvgIpc) is 3.26. The lowest BCUT2D eigenvalue weighted by Gasteiger charge is -2.20. The number of guanidine groups is 1. The van der Waals surface area contributed by atoms with Gasteiger partial charge in [0.2, 0.25) is 5.91 Å². The number of furan rings is 1. The average molecular weight is 356 g/mol. The molecule has 1 fully saturated rings. The van der Waals surface area contributed by atoms with Crippen molar-refractivity contribution in [2.45, 2.75) is 32.7 Å². The Bertz CT molecular complexity index is 748. The molecule has 2 aromatic rings. The molecule has 0 bridgehead atoms. The van der Waals surface area contributed by atoms with E-state index in [0.717, 1.165) is 55.2 Å². The summed E-state index contributed by atoms with van der Waals surface area (Å²) >= 11 is 0. The van der Waals surface area contributed by atoms with Crippen LogP contribution in [0.3, 0.4) is 0 Å². The second-order valence-electron chi connectivity index (χ2n) is 7.07. The molecule has 3 rings (SSSR count). The van der Waals surface area contributed by atoms with E-state index in [9.17, 15) is 4.79 Å². The predicted octanol–water partition coefficient (Wildman–Crippen LogP) is 2.40. The number of amides is 1. The summed E-state index contributed by atoms with van der Waals surface area (Å²) in [6.07, 6.45) is 1.74.